The fraction of sp³-hybridized carbons (Fsp3) is 0.182. The van der Waals surface area contributed by atoms with Gasteiger partial charge in [-0.2, -0.15) is 4.98 Å². The summed E-state index contributed by atoms with van der Waals surface area (Å²) in [7, 11) is 0. The molecule has 2 atom stereocenters. The molecule has 4 rings (SSSR count). The van der Waals surface area contributed by atoms with Crippen LogP contribution < -0.4 is 10.5 Å². The highest BCUT2D eigenvalue weighted by atomic mass is 19.1. The van der Waals surface area contributed by atoms with Crippen LogP contribution in [0.5, 0.6) is 5.75 Å². The Morgan fingerprint density at radius 1 is 1.10 bits per heavy atom. The first-order valence-corrected chi connectivity index (χ1v) is 9.53. The number of benzene rings is 2. The van der Waals surface area contributed by atoms with Gasteiger partial charge in [0.25, 0.3) is 0 Å². The zero-order valence-corrected chi connectivity index (χ0v) is 16.3. The van der Waals surface area contributed by atoms with E-state index in [0.717, 1.165) is 12.1 Å². The lowest BCUT2D eigenvalue weighted by Gasteiger charge is -2.17. The third kappa shape index (κ3) is 4.46. The standard InChI is InChI=1S/C22H19F3N4O2/c23-15-6-4-13(5-7-15)21(30)17(24)9-11-31-18-3-1-2-16(20(18)25)14-8-10-29-19(12-14)27-22(26)28-29/h1-8,10,12,17,21,30H,9,11H2,(H2,26,28). The summed E-state index contributed by atoms with van der Waals surface area (Å²) in [6.07, 6.45) is -1.64. The number of ether oxygens (including phenoxy) is 1. The number of hydrogen-bond acceptors (Lipinski definition) is 5. The molecule has 0 amide bonds. The van der Waals surface area contributed by atoms with Crippen molar-refractivity contribution in [1.29, 1.82) is 0 Å². The number of nitrogens with two attached hydrogens (primary N) is 1. The van der Waals surface area contributed by atoms with Gasteiger partial charge < -0.3 is 15.6 Å². The average molecular weight is 428 g/mol. The van der Waals surface area contributed by atoms with E-state index in [1.807, 2.05) is 0 Å². The molecule has 2 heterocycles. The molecular formula is C22H19F3N4O2. The summed E-state index contributed by atoms with van der Waals surface area (Å²) in [6.45, 7) is -0.153. The minimum atomic E-state index is -1.66. The Morgan fingerprint density at radius 3 is 2.65 bits per heavy atom. The fourth-order valence-corrected chi connectivity index (χ4v) is 3.22. The van der Waals surface area contributed by atoms with Gasteiger partial charge in [-0.05, 0) is 41.5 Å². The van der Waals surface area contributed by atoms with Crippen molar-refractivity contribution in [3.8, 4) is 16.9 Å². The quantitative estimate of drug-likeness (QED) is 0.463. The van der Waals surface area contributed by atoms with Crippen LogP contribution in [0.15, 0.2) is 60.8 Å². The van der Waals surface area contributed by atoms with Crippen LogP contribution in [0, 0.1) is 11.6 Å². The molecule has 0 bridgehead atoms. The first-order valence-electron chi connectivity index (χ1n) is 9.53. The molecule has 2 unspecified atom stereocenters. The molecule has 3 N–H and O–H groups in total. The van der Waals surface area contributed by atoms with Crippen LogP contribution in [-0.4, -0.2) is 32.5 Å². The molecule has 0 fully saturated rings. The number of pyridine rings is 1. The third-order valence-corrected chi connectivity index (χ3v) is 4.83. The number of halogens is 3. The summed E-state index contributed by atoms with van der Waals surface area (Å²) in [5, 5.41) is 14.0. The molecule has 0 radical (unpaired) electrons. The lowest BCUT2D eigenvalue weighted by molar-refractivity contribution is 0.0628. The van der Waals surface area contributed by atoms with Crippen molar-refractivity contribution in [2.24, 2.45) is 0 Å². The SMILES string of the molecule is Nc1nc2cc(-c3cccc(OCCC(F)C(O)c4ccc(F)cc4)c3F)ccn2n1. The number of fused-ring (bicyclic) bond motifs is 1. The zero-order valence-electron chi connectivity index (χ0n) is 16.3. The van der Waals surface area contributed by atoms with E-state index in [-0.39, 0.29) is 35.9 Å². The monoisotopic (exact) mass is 428 g/mol. The molecule has 9 heteroatoms. The predicted octanol–water partition coefficient (Wildman–Crippen LogP) is 4.10. The van der Waals surface area contributed by atoms with Crippen molar-refractivity contribution >= 4 is 11.6 Å². The number of aliphatic hydroxyl groups is 1. The van der Waals surface area contributed by atoms with Gasteiger partial charge in [0.15, 0.2) is 17.2 Å². The summed E-state index contributed by atoms with van der Waals surface area (Å²) in [6, 6.07) is 12.9. The minimum absolute atomic E-state index is 0.0400. The maximum atomic E-state index is 15.0. The number of nitrogen functional groups attached to an aromatic ring is 1. The summed E-state index contributed by atoms with van der Waals surface area (Å²) >= 11 is 0. The third-order valence-electron chi connectivity index (χ3n) is 4.83. The fourth-order valence-electron chi connectivity index (χ4n) is 3.22. The minimum Gasteiger partial charge on any atom is -0.490 e. The molecule has 160 valence electrons. The molecular weight excluding hydrogens is 409 g/mol. The second-order valence-electron chi connectivity index (χ2n) is 6.96. The second-order valence-corrected chi connectivity index (χ2v) is 6.96. The summed E-state index contributed by atoms with van der Waals surface area (Å²) in [5.41, 5.74) is 7.14. The molecule has 0 spiro atoms. The van der Waals surface area contributed by atoms with Crippen molar-refractivity contribution < 1.29 is 23.0 Å². The lowest BCUT2D eigenvalue weighted by atomic mass is 10.0. The van der Waals surface area contributed by atoms with E-state index in [2.05, 4.69) is 10.1 Å². The predicted molar refractivity (Wildman–Crippen MR) is 109 cm³/mol. The molecule has 0 aliphatic heterocycles. The van der Waals surface area contributed by atoms with E-state index in [9.17, 15) is 18.3 Å². The van der Waals surface area contributed by atoms with Crippen molar-refractivity contribution in [3.63, 3.8) is 0 Å². The van der Waals surface area contributed by atoms with Crippen molar-refractivity contribution in [2.75, 3.05) is 12.3 Å². The van der Waals surface area contributed by atoms with E-state index < -0.39 is 23.9 Å². The molecule has 0 aliphatic rings. The molecule has 6 nitrogen and oxygen atoms in total. The first-order chi connectivity index (χ1) is 14.9. The van der Waals surface area contributed by atoms with E-state index in [1.165, 1.54) is 22.7 Å². The van der Waals surface area contributed by atoms with Gasteiger partial charge in [0.1, 0.15) is 18.1 Å². The summed E-state index contributed by atoms with van der Waals surface area (Å²) < 4.78 is 49.2. The van der Waals surface area contributed by atoms with Crippen LogP contribution >= 0.6 is 0 Å². The molecule has 0 saturated carbocycles. The Kier molecular flexibility index (Phi) is 5.77. The number of aliphatic hydroxyl groups excluding tert-OH is 1. The highest BCUT2D eigenvalue weighted by Crippen LogP contribution is 2.30. The van der Waals surface area contributed by atoms with Gasteiger partial charge in [0, 0.05) is 18.2 Å². The van der Waals surface area contributed by atoms with Gasteiger partial charge in [-0.25, -0.2) is 17.7 Å². The molecule has 2 aromatic carbocycles. The van der Waals surface area contributed by atoms with Gasteiger partial charge in [-0.3, -0.25) is 0 Å². The van der Waals surface area contributed by atoms with Crippen LogP contribution in [0.1, 0.15) is 18.1 Å². The molecule has 2 aromatic heterocycles. The lowest BCUT2D eigenvalue weighted by Crippen LogP contribution is -2.17. The highest BCUT2D eigenvalue weighted by molar-refractivity contribution is 5.69. The Balaban J connectivity index is 1.43. The van der Waals surface area contributed by atoms with Crippen LogP contribution in [0.2, 0.25) is 0 Å². The normalized spacial score (nSPS) is 13.3. The molecule has 0 aliphatic carbocycles. The van der Waals surface area contributed by atoms with E-state index >= 15 is 0 Å². The highest BCUT2D eigenvalue weighted by Gasteiger charge is 2.21. The number of rotatable bonds is 7. The topological polar surface area (TPSA) is 85.7 Å². The molecule has 31 heavy (non-hydrogen) atoms. The molecule has 4 aromatic rings. The van der Waals surface area contributed by atoms with Gasteiger partial charge in [-0.15, -0.1) is 5.10 Å². The van der Waals surface area contributed by atoms with E-state index in [4.69, 9.17) is 10.5 Å². The first kappa shape index (κ1) is 20.7. The summed E-state index contributed by atoms with van der Waals surface area (Å²) in [4.78, 5) is 4.06. The van der Waals surface area contributed by atoms with Crippen LogP contribution in [0.4, 0.5) is 19.1 Å². The van der Waals surface area contributed by atoms with Crippen LogP contribution in [0.25, 0.3) is 16.8 Å². The number of anilines is 1. The van der Waals surface area contributed by atoms with Gasteiger partial charge in [0.2, 0.25) is 5.95 Å². The maximum absolute atomic E-state index is 15.0. The maximum Gasteiger partial charge on any atom is 0.240 e. The number of aromatic nitrogens is 3. The molecule has 0 saturated heterocycles. The average Bonchev–Trinajstić information content (AvgIpc) is 3.14. The summed E-state index contributed by atoms with van der Waals surface area (Å²) in [5.74, 6) is -1.01. The number of hydrogen-bond donors (Lipinski definition) is 2. The van der Waals surface area contributed by atoms with Crippen molar-refractivity contribution in [1.82, 2.24) is 14.6 Å². The smallest absolute Gasteiger partial charge is 0.240 e. The van der Waals surface area contributed by atoms with Gasteiger partial charge >= 0.3 is 0 Å². The van der Waals surface area contributed by atoms with Crippen molar-refractivity contribution in [3.05, 3.63) is 78.0 Å². The van der Waals surface area contributed by atoms with E-state index in [0.29, 0.717) is 11.2 Å². The van der Waals surface area contributed by atoms with Gasteiger partial charge in [0.05, 0.1) is 6.61 Å². The number of nitrogens with zero attached hydrogens (tertiary/aromatic N) is 3. The largest absolute Gasteiger partial charge is 0.490 e. The Labute approximate surface area is 175 Å². The Hall–Kier alpha value is -3.59. The zero-order chi connectivity index (χ0) is 22.0. The Morgan fingerprint density at radius 2 is 1.87 bits per heavy atom. The van der Waals surface area contributed by atoms with Crippen molar-refractivity contribution in [2.45, 2.75) is 18.7 Å². The Bertz CT molecular complexity index is 1200. The number of alkyl halides is 1. The van der Waals surface area contributed by atoms with E-state index in [1.54, 1.807) is 30.5 Å². The second kappa shape index (κ2) is 8.65. The van der Waals surface area contributed by atoms with Crippen LogP contribution in [-0.2, 0) is 0 Å². The van der Waals surface area contributed by atoms with Crippen LogP contribution in [0.3, 0.4) is 0 Å². The van der Waals surface area contributed by atoms with Gasteiger partial charge in [-0.1, -0.05) is 24.3 Å².